The zero-order chi connectivity index (χ0) is 17.9. The molecule has 4 aliphatic carbocycles. The van der Waals surface area contributed by atoms with E-state index in [4.69, 9.17) is 11.6 Å². The first-order valence-corrected chi connectivity index (χ1v) is 9.19. The van der Waals surface area contributed by atoms with Crippen LogP contribution in [0.5, 0.6) is 0 Å². The Bertz CT molecular complexity index is 672. The average molecular weight is 376 g/mol. The van der Waals surface area contributed by atoms with Gasteiger partial charge in [0.2, 0.25) is 5.91 Å². The Kier molecular flexibility index (Phi) is 4.05. The van der Waals surface area contributed by atoms with Gasteiger partial charge in [0, 0.05) is 6.04 Å². The molecule has 5 rings (SSSR count). The van der Waals surface area contributed by atoms with Crippen LogP contribution >= 0.6 is 11.6 Å². The minimum absolute atomic E-state index is 0.161. The molecule has 1 heterocycles. The quantitative estimate of drug-likeness (QED) is 0.873. The Morgan fingerprint density at radius 2 is 1.76 bits per heavy atom. The predicted octanol–water partition coefficient (Wildman–Crippen LogP) is 3.80. The zero-order valence-corrected chi connectivity index (χ0v) is 14.7. The second-order valence-corrected chi connectivity index (χ2v) is 8.31. The van der Waals surface area contributed by atoms with Crippen molar-refractivity contribution in [2.75, 3.05) is 0 Å². The molecule has 4 saturated carbocycles. The van der Waals surface area contributed by atoms with Gasteiger partial charge < -0.3 is 5.32 Å². The highest BCUT2D eigenvalue weighted by molar-refractivity contribution is 6.32. The third-order valence-electron chi connectivity index (χ3n) is 6.25. The molecule has 25 heavy (non-hydrogen) atoms. The number of amides is 1. The molecule has 4 aliphatic rings. The molecule has 1 aromatic heterocycles. The fourth-order valence-corrected chi connectivity index (χ4v) is 5.63. The lowest BCUT2D eigenvalue weighted by Crippen LogP contribution is -2.56. The molecule has 138 valence electrons. The number of rotatable bonds is 3. The van der Waals surface area contributed by atoms with E-state index in [-0.39, 0.29) is 24.2 Å². The van der Waals surface area contributed by atoms with E-state index < -0.39 is 16.9 Å². The van der Waals surface area contributed by atoms with Gasteiger partial charge >= 0.3 is 6.18 Å². The Labute approximate surface area is 149 Å². The topological polar surface area (TPSA) is 46.9 Å². The highest BCUT2D eigenvalue weighted by Crippen LogP contribution is 2.53. The third-order valence-corrected chi connectivity index (χ3v) is 6.70. The van der Waals surface area contributed by atoms with Gasteiger partial charge in [-0.2, -0.15) is 18.3 Å². The summed E-state index contributed by atoms with van der Waals surface area (Å²) in [5.41, 5.74) is -0.969. The fourth-order valence-electron chi connectivity index (χ4n) is 5.39. The molecule has 4 bridgehead atoms. The summed E-state index contributed by atoms with van der Waals surface area (Å²) in [6.45, 7) is 1.21. The molecule has 1 N–H and O–H groups in total. The number of hydrogen-bond acceptors (Lipinski definition) is 2. The molecule has 0 aromatic carbocycles. The van der Waals surface area contributed by atoms with Crippen molar-refractivity contribution in [3.63, 3.8) is 0 Å². The van der Waals surface area contributed by atoms with E-state index in [9.17, 15) is 18.0 Å². The third kappa shape index (κ3) is 3.04. The van der Waals surface area contributed by atoms with Gasteiger partial charge in [-0.15, -0.1) is 0 Å². The molecule has 1 aromatic rings. The molecule has 0 atom stereocenters. The lowest BCUT2D eigenvalue weighted by Gasteiger charge is -2.54. The standard InChI is InChI=1S/C17H21ClF3N3O/c1-8-14(18)16(17(19,20)21)23-24(8)7-13(25)22-15-11-3-9-2-10(5-11)6-12(15)4-9/h9-12,15H,2-7H2,1H3,(H,22,25). The highest BCUT2D eigenvalue weighted by atomic mass is 35.5. The summed E-state index contributed by atoms with van der Waals surface area (Å²) in [7, 11) is 0. The van der Waals surface area contributed by atoms with Gasteiger partial charge in [0.15, 0.2) is 5.69 Å². The number of nitrogens with zero attached hydrogens (tertiary/aromatic N) is 2. The summed E-state index contributed by atoms with van der Waals surface area (Å²) < 4.78 is 39.7. The summed E-state index contributed by atoms with van der Waals surface area (Å²) in [5, 5.41) is 6.15. The summed E-state index contributed by atoms with van der Waals surface area (Å²) in [4.78, 5) is 12.4. The molecule has 8 heteroatoms. The molecule has 1 amide bonds. The van der Waals surface area contributed by atoms with Gasteiger partial charge in [-0.3, -0.25) is 9.48 Å². The van der Waals surface area contributed by atoms with Crippen LogP contribution in [0.2, 0.25) is 5.02 Å². The Morgan fingerprint density at radius 3 is 2.24 bits per heavy atom. The van der Waals surface area contributed by atoms with Gasteiger partial charge in [-0.25, -0.2) is 0 Å². The first kappa shape index (κ1) is 17.2. The molecule has 0 spiro atoms. The van der Waals surface area contributed by atoms with Crippen molar-refractivity contribution in [1.82, 2.24) is 15.1 Å². The van der Waals surface area contributed by atoms with Gasteiger partial charge in [-0.05, 0) is 62.7 Å². The van der Waals surface area contributed by atoms with Crippen LogP contribution in [0.25, 0.3) is 0 Å². The van der Waals surface area contributed by atoms with Crippen molar-refractivity contribution in [2.24, 2.45) is 23.7 Å². The van der Waals surface area contributed by atoms with E-state index in [1.165, 1.54) is 39.0 Å². The number of alkyl halides is 3. The maximum absolute atomic E-state index is 12.9. The van der Waals surface area contributed by atoms with Crippen molar-refractivity contribution in [1.29, 1.82) is 0 Å². The number of nitrogens with one attached hydrogen (secondary N) is 1. The molecule has 4 fully saturated rings. The summed E-state index contributed by atoms with van der Waals surface area (Å²) in [5.74, 6) is 2.37. The number of halogens is 4. The van der Waals surface area contributed by atoms with E-state index in [0.29, 0.717) is 11.8 Å². The van der Waals surface area contributed by atoms with Crippen molar-refractivity contribution in [3.8, 4) is 0 Å². The second-order valence-electron chi connectivity index (χ2n) is 7.93. The average Bonchev–Trinajstić information content (AvgIpc) is 2.78. The molecule has 0 radical (unpaired) electrons. The van der Waals surface area contributed by atoms with E-state index in [1.54, 1.807) is 0 Å². The minimum atomic E-state index is -4.62. The van der Waals surface area contributed by atoms with Crippen LogP contribution in [0.1, 0.15) is 43.5 Å². The van der Waals surface area contributed by atoms with Gasteiger partial charge in [-0.1, -0.05) is 11.6 Å². The zero-order valence-electron chi connectivity index (χ0n) is 13.9. The van der Waals surface area contributed by atoms with E-state index in [0.717, 1.165) is 16.5 Å². The number of carbonyl (C=O) groups is 1. The summed E-state index contributed by atoms with van der Waals surface area (Å²) >= 11 is 5.74. The first-order chi connectivity index (χ1) is 11.7. The van der Waals surface area contributed by atoms with Crippen LogP contribution < -0.4 is 5.32 Å². The van der Waals surface area contributed by atoms with Crippen molar-refractivity contribution in [2.45, 2.75) is 57.8 Å². The fraction of sp³-hybridized carbons (Fsp3) is 0.765. The summed E-state index contributed by atoms with van der Waals surface area (Å²) in [6.07, 6.45) is 1.39. The molecule has 0 saturated heterocycles. The molecule has 0 aliphatic heterocycles. The van der Waals surface area contributed by atoms with Crippen LogP contribution in [-0.2, 0) is 17.5 Å². The maximum atomic E-state index is 12.9. The van der Waals surface area contributed by atoms with Gasteiger partial charge in [0.05, 0.1) is 10.7 Å². The lowest BCUT2D eigenvalue weighted by atomic mass is 9.54. The van der Waals surface area contributed by atoms with E-state index in [2.05, 4.69) is 10.4 Å². The van der Waals surface area contributed by atoms with Crippen LogP contribution in [-0.4, -0.2) is 21.7 Å². The number of hydrogen-bond donors (Lipinski definition) is 1. The largest absolute Gasteiger partial charge is 0.436 e. The van der Waals surface area contributed by atoms with Gasteiger partial charge in [0.25, 0.3) is 0 Å². The monoisotopic (exact) mass is 375 g/mol. The van der Waals surface area contributed by atoms with Crippen molar-refractivity contribution in [3.05, 3.63) is 16.4 Å². The van der Waals surface area contributed by atoms with Crippen LogP contribution in [0.3, 0.4) is 0 Å². The van der Waals surface area contributed by atoms with Gasteiger partial charge in [0.1, 0.15) is 6.54 Å². The molecular weight excluding hydrogens is 355 g/mol. The predicted molar refractivity (Wildman–Crippen MR) is 86.0 cm³/mol. The normalized spacial score (nSPS) is 33.7. The summed E-state index contributed by atoms with van der Waals surface area (Å²) in [6, 6.07) is 0.161. The number of aromatic nitrogens is 2. The minimum Gasteiger partial charge on any atom is -0.351 e. The maximum Gasteiger partial charge on any atom is 0.436 e. The second kappa shape index (κ2) is 5.89. The SMILES string of the molecule is Cc1c(Cl)c(C(F)(F)F)nn1CC(=O)NC1C2CC3CC(C2)CC1C3. The Morgan fingerprint density at radius 1 is 1.20 bits per heavy atom. The first-order valence-electron chi connectivity index (χ1n) is 8.81. The van der Waals surface area contributed by atoms with E-state index in [1.807, 2.05) is 0 Å². The van der Waals surface area contributed by atoms with Crippen molar-refractivity contribution >= 4 is 17.5 Å². The molecule has 4 nitrogen and oxygen atoms in total. The van der Waals surface area contributed by atoms with Crippen LogP contribution in [0, 0.1) is 30.6 Å². The Balaban J connectivity index is 1.45. The highest BCUT2D eigenvalue weighted by Gasteiger charge is 2.48. The Hall–Kier alpha value is -1.24. The van der Waals surface area contributed by atoms with E-state index >= 15 is 0 Å². The van der Waals surface area contributed by atoms with Crippen LogP contribution in [0.4, 0.5) is 13.2 Å². The lowest BCUT2D eigenvalue weighted by molar-refractivity contribution is -0.141. The van der Waals surface area contributed by atoms with Crippen LogP contribution in [0.15, 0.2) is 0 Å². The molecule has 0 unspecified atom stereocenters. The number of carbonyl (C=O) groups excluding carboxylic acids is 1. The smallest absolute Gasteiger partial charge is 0.351 e. The molecular formula is C17H21ClF3N3O. The van der Waals surface area contributed by atoms with Crippen molar-refractivity contribution < 1.29 is 18.0 Å².